The van der Waals surface area contributed by atoms with Crippen molar-refractivity contribution in [1.82, 2.24) is 5.32 Å². The van der Waals surface area contributed by atoms with E-state index in [-0.39, 0.29) is 12.4 Å². The Balaban J connectivity index is 2.14. The summed E-state index contributed by atoms with van der Waals surface area (Å²) in [6, 6.07) is 6.08. The average Bonchev–Trinajstić information content (AvgIpc) is 2.47. The van der Waals surface area contributed by atoms with Crippen LogP contribution in [0.15, 0.2) is 18.2 Å². The Morgan fingerprint density at radius 3 is 2.65 bits per heavy atom. The molecule has 110 valence electrons. The SMILES string of the molecule is CCOc1cc(C2CCNCC2)ccc1OCC(C)=O. The number of benzene rings is 1. The molecule has 1 aromatic rings. The lowest BCUT2D eigenvalue weighted by Gasteiger charge is -2.24. The predicted octanol–water partition coefficient (Wildman–Crippen LogP) is 2.52. The van der Waals surface area contributed by atoms with Gasteiger partial charge in [-0.1, -0.05) is 6.07 Å². The lowest BCUT2D eigenvalue weighted by molar-refractivity contribution is -0.118. The van der Waals surface area contributed by atoms with Crippen LogP contribution in [0.5, 0.6) is 11.5 Å². The number of piperidine rings is 1. The van der Waals surface area contributed by atoms with Gasteiger partial charge in [0.15, 0.2) is 17.3 Å². The van der Waals surface area contributed by atoms with Gasteiger partial charge < -0.3 is 14.8 Å². The van der Waals surface area contributed by atoms with Gasteiger partial charge in [-0.15, -0.1) is 0 Å². The first-order valence-corrected chi connectivity index (χ1v) is 7.30. The van der Waals surface area contributed by atoms with Crippen molar-refractivity contribution in [2.45, 2.75) is 32.6 Å². The van der Waals surface area contributed by atoms with E-state index < -0.39 is 0 Å². The molecule has 20 heavy (non-hydrogen) atoms. The molecule has 1 saturated heterocycles. The number of Topliss-reactive ketones (excluding diaryl/α,β-unsaturated/α-hetero) is 1. The van der Waals surface area contributed by atoms with E-state index in [1.54, 1.807) is 0 Å². The third kappa shape index (κ3) is 3.97. The van der Waals surface area contributed by atoms with Gasteiger partial charge >= 0.3 is 0 Å². The summed E-state index contributed by atoms with van der Waals surface area (Å²) >= 11 is 0. The molecule has 2 rings (SSSR count). The summed E-state index contributed by atoms with van der Waals surface area (Å²) in [5, 5.41) is 3.37. The number of nitrogens with one attached hydrogen (secondary N) is 1. The monoisotopic (exact) mass is 277 g/mol. The van der Waals surface area contributed by atoms with Crippen molar-refractivity contribution < 1.29 is 14.3 Å². The summed E-state index contributed by atoms with van der Waals surface area (Å²) in [6.07, 6.45) is 2.30. The van der Waals surface area contributed by atoms with Gasteiger partial charge in [-0.25, -0.2) is 0 Å². The van der Waals surface area contributed by atoms with Crippen LogP contribution in [-0.2, 0) is 4.79 Å². The van der Waals surface area contributed by atoms with Gasteiger partial charge in [0, 0.05) is 0 Å². The zero-order valence-corrected chi connectivity index (χ0v) is 12.3. The van der Waals surface area contributed by atoms with Crippen LogP contribution in [0.1, 0.15) is 38.2 Å². The van der Waals surface area contributed by atoms with Crippen LogP contribution in [0.25, 0.3) is 0 Å². The minimum absolute atomic E-state index is 0.00915. The van der Waals surface area contributed by atoms with E-state index in [0.717, 1.165) is 31.7 Å². The number of ketones is 1. The minimum atomic E-state index is 0.00915. The van der Waals surface area contributed by atoms with Crippen LogP contribution in [-0.4, -0.2) is 32.1 Å². The van der Waals surface area contributed by atoms with Gasteiger partial charge in [0.2, 0.25) is 0 Å². The van der Waals surface area contributed by atoms with E-state index >= 15 is 0 Å². The number of carbonyl (C=O) groups excluding carboxylic acids is 1. The van der Waals surface area contributed by atoms with Crippen LogP contribution < -0.4 is 14.8 Å². The fraction of sp³-hybridized carbons (Fsp3) is 0.562. The number of hydrogen-bond acceptors (Lipinski definition) is 4. The average molecular weight is 277 g/mol. The summed E-state index contributed by atoms with van der Waals surface area (Å²) < 4.78 is 11.2. The highest BCUT2D eigenvalue weighted by Gasteiger charge is 2.17. The third-order valence-corrected chi connectivity index (χ3v) is 3.51. The Hall–Kier alpha value is -1.55. The molecule has 1 aliphatic rings. The van der Waals surface area contributed by atoms with Gasteiger partial charge in [0.1, 0.15) is 6.61 Å². The molecule has 0 atom stereocenters. The summed E-state index contributed by atoms with van der Waals surface area (Å²) in [7, 11) is 0. The lowest BCUT2D eigenvalue weighted by atomic mass is 9.90. The Bertz CT molecular complexity index is 453. The summed E-state index contributed by atoms with van der Waals surface area (Å²) in [6.45, 7) is 6.28. The van der Waals surface area contributed by atoms with Crippen molar-refractivity contribution >= 4 is 5.78 Å². The molecule has 0 aliphatic carbocycles. The molecule has 1 heterocycles. The number of hydrogen-bond donors (Lipinski definition) is 1. The molecule has 4 nitrogen and oxygen atoms in total. The summed E-state index contributed by atoms with van der Waals surface area (Å²) in [4.78, 5) is 11.0. The Labute approximate surface area is 120 Å². The predicted molar refractivity (Wildman–Crippen MR) is 78.6 cm³/mol. The van der Waals surface area contributed by atoms with E-state index in [1.165, 1.54) is 12.5 Å². The van der Waals surface area contributed by atoms with Crippen molar-refractivity contribution in [3.05, 3.63) is 23.8 Å². The zero-order valence-electron chi connectivity index (χ0n) is 12.3. The van der Waals surface area contributed by atoms with Gasteiger partial charge in [0.05, 0.1) is 6.61 Å². The second kappa shape index (κ2) is 7.29. The van der Waals surface area contributed by atoms with Crippen molar-refractivity contribution in [2.75, 3.05) is 26.3 Å². The van der Waals surface area contributed by atoms with Crippen LogP contribution in [0, 0.1) is 0 Å². The molecule has 0 saturated carbocycles. The number of rotatable bonds is 6. The molecule has 1 N–H and O–H groups in total. The molecule has 4 heteroatoms. The van der Waals surface area contributed by atoms with Crippen molar-refractivity contribution in [3.63, 3.8) is 0 Å². The maximum absolute atomic E-state index is 11.0. The third-order valence-electron chi connectivity index (χ3n) is 3.51. The molecule has 1 aromatic carbocycles. The molecular weight excluding hydrogens is 254 g/mol. The first-order chi connectivity index (χ1) is 9.70. The maximum atomic E-state index is 11.0. The summed E-state index contributed by atoms with van der Waals surface area (Å²) in [5.41, 5.74) is 1.30. The first-order valence-electron chi connectivity index (χ1n) is 7.30. The standard InChI is InChI=1S/C16H23NO3/c1-3-19-16-10-14(13-6-8-17-9-7-13)4-5-15(16)20-11-12(2)18/h4-5,10,13,17H,3,6-9,11H2,1-2H3. The minimum Gasteiger partial charge on any atom is -0.490 e. The van der Waals surface area contributed by atoms with E-state index in [9.17, 15) is 4.79 Å². The second-order valence-electron chi connectivity index (χ2n) is 5.15. The van der Waals surface area contributed by atoms with Gasteiger partial charge in [0.25, 0.3) is 0 Å². The Morgan fingerprint density at radius 1 is 1.25 bits per heavy atom. The summed E-state index contributed by atoms with van der Waals surface area (Å²) in [5.74, 6) is 1.98. The van der Waals surface area contributed by atoms with E-state index in [4.69, 9.17) is 9.47 Å². The van der Waals surface area contributed by atoms with Crippen molar-refractivity contribution in [3.8, 4) is 11.5 Å². The molecule has 1 fully saturated rings. The molecule has 0 aromatic heterocycles. The van der Waals surface area contributed by atoms with E-state index in [0.29, 0.717) is 18.3 Å². The number of ether oxygens (including phenoxy) is 2. The molecule has 0 amide bonds. The van der Waals surface area contributed by atoms with Crippen LogP contribution >= 0.6 is 0 Å². The fourth-order valence-corrected chi connectivity index (χ4v) is 2.50. The van der Waals surface area contributed by atoms with E-state index in [2.05, 4.69) is 17.4 Å². The molecule has 0 bridgehead atoms. The number of carbonyl (C=O) groups is 1. The highest BCUT2D eigenvalue weighted by Crippen LogP contribution is 2.34. The normalized spacial score (nSPS) is 15.9. The highest BCUT2D eigenvalue weighted by atomic mass is 16.5. The van der Waals surface area contributed by atoms with E-state index in [1.807, 2.05) is 13.0 Å². The zero-order chi connectivity index (χ0) is 14.4. The quantitative estimate of drug-likeness (QED) is 0.868. The maximum Gasteiger partial charge on any atom is 0.167 e. The molecule has 0 spiro atoms. The second-order valence-corrected chi connectivity index (χ2v) is 5.15. The van der Waals surface area contributed by atoms with Crippen LogP contribution in [0.4, 0.5) is 0 Å². The van der Waals surface area contributed by atoms with Gasteiger partial charge in [-0.2, -0.15) is 0 Å². The lowest BCUT2D eigenvalue weighted by Crippen LogP contribution is -2.26. The molecule has 1 aliphatic heterocycles. The highest BCUT2D eigenvalue weighted by molar-refractivity contribution is 5.77. The van der Waals surface area contributed by atoms with Crippen molar-refractivity contribution in [2.24, 2.45) is 0 Å². The van der Waals surface area contributed by atoms with Gasteiger partial charge in [-0.05, 0) is 63.4 Å². The first kappa shape index (κ1) is 14.9. The fourth-order valence-electron chi connectivity index (χ4n) is 2.50. The Morgan fingerprint density at radius 2 is 2.00 bits per heavy atom. The topological polar surface area (TPSA) is 47.6 Å². The van der Waals surface area contributed by atoms with Crippen LogP contribution in [0.2, 0.25) is 0 Å². The largest absolute Gasteiger partial charge is 0.490 e. The van der Waals surface area contributed by atoms with Crippen molar-refractivity contribution in [1.29, 1.82) is 0 Å². The molecular formula is C16H23NO3. The van der Waals surface area contributed by atoms with Gasteiger partial charge in [-0.3, -0.25) is 4.79 Å². The smallest absolute Gasteiger partial charge is 0.167 e. The Kier molecular flexibility index (Phi) is 5.41. The van der Waals surface area contributed by atoms with Crippen LogP contribution in [0.3, 0.4) is 0 Å². The molecule has 0 radical (unpaired) electrons. The molecule has 0 unspecified atom stereocenters.